The lowest BCUT2D eigenvalue weighted by Gasteiger charge is -2.16. The molecular formula is C23H21N5O4S. The fourth-order valence-corrected chi connectivity index (χ4v) is 6.24. The first-order chi connectivity index (χ1) is 15.8. The molecule has 2 aromatic heterocycles. The third-order valence-corrected chi connectivity index (χ3v) is 8.21. The number of aryl methyl sites for hydroxylation is 1. The number of sulfonamides is 1. The van der Waals surface area contributed by atoms with Gasteiger partial charge < -0.3 is 4.74 Å². The van der Waals surface area contributed by atoms with Crippen LogP contribution in [0.5, 0.6) is 0 Å². The van der Waals surface area contributed by atoms with Crippen molar-refractivity contribution in [3.8, 4) is 11.9 Å². The molecular weight excluding hydrogens is 442 g/mol. The number of carbonyl (C=O) groups is 1. The number of fused-ring (bicyclic) bond motifs is 1. The van der Waals surface area contributed by atoms with Crippen LogP contribution in [-0.2, 0) is 27.9 Å². The Kier molecular flexibility index (Phi) is 5.03. The van der Waals surface area contributed by atoms with Crippen LogP contribution in [-0.4, -0.2) is 45.8 Å². The monoisotopic (exact) mass is 463 g/mol. The summed E-state index contributed by atoms with van der Waals surface area (Å²) in [5.74, 6) is 0.0648. The molecule has 1 saturated heterocycles. The second-order valence-corrected chi connectivity index (χ2v) is 10.4. The molecule has 9 nitrogen and oxygen atoms in total. The summed E-state index contributed by atoms with van der Waals surface area (Å²) in [6.07, 6.45) is 4.88. The Hall–Kier alpha value is -3.55. The normalized spacial score (nSPS) is 19.3. The average molecular weight is 464 g/mol. The van der Waals surface area contributed by atoms with E-state index in [9.17, 15) is 13.2 Å². The summed E-state index contributed by atoms with van der Waals surface area (Å²) in [5.41, 5.74) is 5.31. The highest BCUT2D eigenvalue weighted by Crippen LogP contribution is 2.35. The second kappa shape index (κ2) is 7.79. The SMILES string of the molecule is Cc1cc(-n2cc(CN3C[C@@H](c4ccc5c(c4C)COC5=O)CS3(=O)=O)cn2)ncc1C#N. The first-order valence-corrected chi connectivity index (χ1v) is 12.1. The molecule has 2 aliphatic heterocycles. The molecule has 1 aromatic carbocycles. The molecule has 0 aliphatic carbocycles. The summed E-state index contributed by atoms with van der Waals surface area (Å²) in [6.45, 7) is 4.55. The van der Waals surface area contributed by atoms with Crippen molar-refractivity contribution in [2.45, 2.75) is 32.9 Å². The molecule has 4 heterocycles. The third kappa shape index (κ3) is 3.69. The number of pyridine rings is 1. The molecule has 1 atom stereocenters. The Morgan fingerprint density at radius 1 is 1.27 bits per heavy atom. The van der Waals surface area contributed by atoms with Crippen LogP contribution < -0.4 is 0 Å². The molecule has 0 radical (unpaired) electrons. The molecule has 10 heteroatoms. The van der Waals surface area contributed by atoms with Gasteiger partial charge in [-0.15, -0.1) is 0 Å². The predicted molar refractivity (Wildman–Crippen MR) is 118 cm³/mol. The van der Waals surface area contributed by atoms with Gasteiger partial charge in [-0.1, -0.05) is 6.07 Å². The number of cyclic esters (lactones) is 1. The highest BCUT2D eigenvalue weighted by Gasteiger charge is 2.38. The van der Waals surface area contributed by atoms with Crippen LogP contribution in [0.2, 0.25) is 0 Å². The minimum absolute atomic E-state index is 0.0198. The smallest absolute Gasteiger partial charge is 0.338 e. The minimum atomic E-state index is -3.45. The standard InChI is InChI=1S/C23H21N5O4S/c1-14-5-22(25-8-17(14)6-24)28-10-16(7-26-28)9-27-11-18(13-33(27,30)31)19-3-4-20-21(15(19)2)12-32-23(20)29/h3-5,7-8,10,18H,9,11-13H2,1-2H3/t18-/m1/s1. The molecule has 168 valence electrons. The Morgan fingerprint density at radius 2 is 2.09 bits per heavy atom. The van der Waals surface area contributed by atoms with Gasteiger partial charge in [-0.2, -0.15) is 14.7 Å². The van der Waals surface area contributed by atoms with Crippen LogP contribution in [0.3, 0.4) is 0 Å². The fraction of sp³-hybridized carbons (Fsp3) is 0.304. The quantitative estimate of drug-likeness (QED) is 0.545. The zero-order chi connectivity index (χ0) is 23.3. The molecule has 0 saturated carbocycles. The number of hydrogen-bond acceptors (Lipinski definition) is 7. The summed E-state index contributed by atoms with van der Waals surface area (Å²) in [7, 11) is -3.45. The molecule has 5 rings (SSSR count). The van der Waals surface area contributed by atoms with Gasteiger partial charge in [0.25, 0.3) is 0 Å². The van der Waals surface area contributed by atoms with E-state index in [0.29, 0.717) is 23.5 Å². The van der Waals surface area contributed by atoms with Gasteiger partial charge in [0.2, 0.25) is 10.0 Å². The van der Waals surface area contributed by atoms with Crippen molar-refractivity contribution in [3.63, 3.8) is 0 Å². The maximum absolute atomic E-state index is 12.9. The van der Waals surface area contributed by atoms with E-state index in [-0.39, 0.29) is 30.8 Å². The summed E-state index contributed by atoms with van der Waals surface area (Å²) in [5, 5.41) is 13.4. The zero-order valence-corrected chi connectivity index (χ0v) is 19.0. The zero-order valence-electron chi connectivity index (χ0n) is 18.1. The van der Waals surface area contributed by atoms with Crippen molar-refractivity contribution >= 4 is 16.0 Å². The van der Waals surface area contributed by atoms with E-state index in [1.54, 1.807) is 29.2 Å². The lowest BCUT2D eigenvalue weighted by Crippen LogP contribution is -2.25. The predicted octanol–water partition coefficient (Wildman–Crippen LogP) is 2.36. The lowest BCUT2D eigenvalue weighted by atomic mass is 9.91. The van der Waals surface area contributed by atoms with Gasteiger partial charge in [0.15, 0.2) is 5.82 Å². The molecule has 0 spiro atoms. The molecule has 33 heavy (non-hydrogen) atoms. The summed E-state index contributed by atoms with van der Waals surface area (Å²) in [6, 6.07) is 7.44. The van der Waals surface area contributed by atoms with Crippen molar-refractivity contribution < 1.29 is 17.9 Å². The Bertz CT molecular complexity index is 1440. The van der Waals surface area contributed by atoms with Gasteiger partial charge >= 0.3 is 5.97 Å². The summed E-state index contributed by atoms with van der Waals surface area (Å²) >= 11 is 0. The maximum Gasteiger partial charge on any atom is 0.338 e. The van der Waals surface area contributed by atoms with E-state index in [2.05, 4.69) is 16.2 Å². The number of esters is 1. The van der Waals surface area contributed by atoms with Crippen LogP contribution in [0.15, 0.2) is 36.8 Å². The number of aromatic nitrogens is 3. The van der Waals surface area contributed by atoms with Crippen molar-refractivity contribution in [2.75, 3.05) is 12.3 Å². The van der Waals surface area contributed by atoms with Crippen molar-refractivity contribution in [1.82, 2.24) is 19.1 Å². The van der Waals surface area contributed by atoms with Gasteiger partial charge in [-0.05, 0) is 42.7 Å². The maximum atomic E-state index is 12.9. The van der Waals surface area contributed by atoms with Gasteiger partial charge in [0.05, 0.1) is 23.1 Å². The molecule has 3 aromatic rings. The van der Waals surface area contributed by atoms with Crippen molar-refractivity contribution in [3.05, 3.63) is 75.7 Å². The Morgan fingerprint density at radius 3 is 2.85 bits per heavy atom. The van der Waals surface area contributed by atoms with E-state index in [1.165, 1.54) is 10.5 Å². The molecule has 0 bridgehead atoms. The largest absolute Gasteiger partial charge is 0.457 e. The molecule has 0 amide bonds. The number of nitriles is 1. The van der Waals surface area contributed by atoms with Gasteiger partial charge in [-0.25, -0.2) is 22.9 Å². The van der Waals surface area contributed by atoms with Crippen LogP contribution in [0, 0.1) is 25.2 Å². The van der Waals surface area contributed by atoms with Gasteiger partial charge in [-0.3, -0.25) is 0 Å². The topological polar surface area (TPSA) is 118 Å². The fourth-order valence-electron chi connectivity index (χ4n) is 4.49. The number of benzene rings is 1. The van der Waals surface area contributed by atoms with Crippen molar-refractivity contribution in [1.29, 1.82) is 5.26 Å². The van der Waals surface area contributed by atoms with Crippen LogP contribution in [0.25, 0.3) is 5.82 Å². The highest BCUT2D eigenvalue weighted by molar-refractivity contribution is 7.89. The number of ether oxygens (including phenoxy) is 1. The first kappa shape index (κ1) is 21.3. The Balaban J connectivity index is 1.36. The molecule has 0 unspecified atom stereocenters. The molecule has 0 N–H and O–H groups in total. The van der Waals surface area contributed by atoms with Crippen LogP contribution in [0.1, 0.15) is 49.7 Å². The van der Waals surface area contributed by atoms with Crippen molar-refractivity contribution in [2.24, 2.45) is 0 Å². The van der Waals surface area contributed by atoms with Gasteiger partial charge in [0.1, 0.15) is 12.7 Å². The number of carbonyl (C=O) groups excluding carboxylic acids is 1. The van der Waals surface area contributed by atoms with Crippen LogP contribution in [0.4, 0.5) is 0 Å². The van der Waals surface area contributed by atoms with Gasteiger partial charge in [0, 0.05) is 42.5 Å². The van der Waals surface area contributed by atoms with E-state index >= 15 is 0 Å². The molecule has 1 fully saturated rings. The van der Waals surface area contributed by atoms with Crippen LogP contribution >= 0.6 is 0 Å². The minimum Gasteiger partial charge on any atom is -0.457 e. The third-order valence-electron chi connectivity index (χ3n) is 6.32. The van der Waals surface area contributed by atoms with E-state index < -0.39 is 10.0 Å². The second-order valence-electron chi connectivity index (χ2n) is 8.41. The number of hydrogen-bond donors (Lipinski definition) is 0. The molecule has 2 aliphatic rings. The average Bonchev–Trinajstić information content (AvgIpc) is 3.47. The first-order valence-electron chi connectivity index (χ1n) is 10.4. The van der Waals surface area contributed by atoms with E-state index in [0.717, 1.165) is 27.8 Å². The van der Waals surface area contributed by atoms with E-state index in [1.807, 2.05) is 19.9 Å². The number of nitrogens with zero attached hydrogens (tertiary/aromatic N) is 5. The summed E-state index contributed by atoms with van der Waals surface area (Å²) in [4.78, 5) is 16.1. The number of rotatable bonds is 4. The lowest BCUT2D eigenvalue weighted by molar-refractivity contribution is 0.0535. The van der Waals surface area contributed by atoms with E-state index in [4.69, 9.17) is 10.00 Å². The summed E-state index contributed by atoms with van der Waals surface area (Å²) < 4.78 is 34.0. The Labute approximate surface area is 191 Å². The highest BCUT2D eigenvalue weighted by atomic mass is 32.2.